The molecule has 1 saturated carbocycles. The summed E-state index contributed by atoms with van der Waals surface area (Å²) in [4.78, 5) is 16.9. The van der Waals surface area contributed by atoms with E-state index in [0.717, 1.165) is 35.6 Å². The van der Waals surface area contributed by atoms with Gasteiger partial charge in [0, 0.05) is 19.0 Å². The van der Waals surface area contributed by atoms with E-state index in [0.29, 0.717) is 5.56 Å². The van der Waals surface area contributed by atoms with Crippen molar-refractivity contribution in [1.82, 2.24) is 10.3 Å². The summed E-state index contributed by atoms with van der Waals surface area (Å²) in [6.07, 6.45) is 5.07. The molecule has 0 radical (unpaired) electrons. The lowest BCUT2D eigenvalue weighted by atomic mass is 9.83. The number of pyridine rings is 1. The molecule has 1 aliphatic rings. The molecule has 4 heteroatoms. The SMILES string of the molecule is CNc1cc(C(=O)NCCC2CCC2)c2ccccc2n1. The number of benzene rings is 1. The first kappa shape index (κ1) is 13.9. The second-order valence-electron chi connectivity index (χ2n) is 5.66. The van der Waals surface area contributed by atoms with E-state index in [1.54, 1.807) is 0 Å². The Hall–Kier alpha value is -2.10. The zero-order valence-corrected chi connectivity index (χ0v) is 12.4. The van der Waals surface area contributed by atoms with Gasteiger partial charge in [0.05, 0.1) is 11.1 Å². The van der Waals surface area contributed by atoms with Gasteiger partial charge in [0.1, 0.15) is 5.82 Å². The van der Waals surface area contributed by atoms with E-state index >= 15 is 0 Å². The Morgan fingerprint density at radius 3 is 2.86 bits per heavy atom. The third-order valence-electron chi connectivity index (χ3n) is 4.28. The van der Waals surface area contributed by atoms with Gasteiger partial charge in [0.15, 0.2) is 0 Å². The van der Waals surface area contributed by atoms with Crippen molar-refractivity contribution < 1.29 is 4.79 Å². The number of fused-ring (bicyclic) bond motifs is 1. The fourth-order valence-corrected chi connectivity index (χ4v) is 2.76. The van der Waals surface area contributed by atoms with Crippen molar-refractivity contribution in [2.24, 2.45) is 5.92 Å². The number of nitrogens with zero attached hydrogens (tertiary/aromatic N) is 1. The highest BCUT2D eigenvalue weighted by Crippen LogP contribution is 2.28. The first-order valence-corrected chi connectivity index (χ1v) is 7.63. The lowest BCUT2D eigenvalue weighted by Crippen LogP contribution is -2.27. The molecule has 1 heterocycles. The number of hydrogen-bond acceptors (Lipinski definition) is 3. The fraction of sp³-hybridized carbons (Fsp3) is 0.412. The van der Waals surface area contributed by atoms with Gasteiger partial charge in [-0.3, -0.25) is 4.79 Å². The second kappa shape index (κ2) is 6.12. The summed E-state index contributed by atoms with van der Waals surface area (Å²) in [6, 6.07) is 9.58. The first-order chi connectivity index (χ1) is 10.3. The number of carbonyl (C=O) groups is 1. The number of amides is 1. The third-order valence-corrected chi connectivity index (χ3v) is 4.28. The number of anilines is 1. The third kappa shape index (κ3) is 2.99. The lowest BCUT2D eigenvalue weighted by molar-refractivity contribution is 0.0950. The number of carbonyl (C=O) groups excluding carboxylic acids is 1. The van der Waals surface area contributed by atoms with Gasteiger partial charge in [-0.1, -0.05) is 37.5 Å². The quantitative estimate of drug-likeness (QED) is 0.886. The van der Waals surface area contributed by atoms with E-state index in [1.807, 2.05) is 37.4 Å². The smallest absolute Gasteiger partial charge is 0.252 e. The second-order valence-corrected chi connectivity index (χ2v) is 5.66. The molecule has 0 spiro atoms. The van der Waals surface area contributed by atoms with Crippen molar-refractivity contribution in [2.45, 2.75) is 25.7 Å². The average molecular weight is 283 g/mol. The van der Waals surface area contributed by atoms with Gasteiger partial charge < -0.3 is 10.6 Å². The maximum absolute atomic E-state index is 12.4. The number of para-hydroxylation sites is 1. The zero-order chi connectivity index (χ0) is 14.7. The number of hydrogen-bond donors (Lipinski definition) is 2. The molecule has 0 bridgehead atoms. The largest absolute Gasteiger partial charge is 0.373 e. The van der Waals surface area contributed by atoms with Gasteiger partial charge in [-0.05, 0) is 24.5 Å². The average Bonchev–Trinajstić information content (AvgIpc) is 2.48. The van der Waals surface area contributed by atoms with Gasteiger partial charge in [-0.15, -0.1) is 0 Å². The summed E-state index contributed by atoms with van der Waals surface area (Å²) < 4.78 is 0. The van der Waals surface area contributed by atoms with Crippen molar-refractivity contribution in [1.29, 1.82) is 0 Å². The summed E-state index contributed by atoms with van der Waals surface area (Å²) in [7, 11) is 1.81. The Bertz CT molecular complexity index is 650. The van der Waals surface area contributed by atoms with Crippen LogP contribution >= 0.6 is 0 Å². The molecule has 1 aliphatic carbocycles. The van der Waals surface area contributed by atoms with Gasteiger partial charge >= 0.3 is 0 Å². The van der Waals surface area contributed by atoms with E-state index in [-0.39, 0.29) is 5.91 Å². The van der Waals surface area contributed by atoms with Crippen LogP contribution in [-0.2, 0) is 0 Å². The normalized spacial score (nSPS) is 14.7. The molecule has 2 aromatic rings. The molecular weight excluding hydrogens is 262 g/mol. The van der Waals surface area contributed by atoms with Crippen LogP contribution in [0.4, 0.5) is 5.82 Å². The van der Waals surface area contributed by atoms with Crippen LogP contribution in [-0.4, -0.2) is 24.5 Å². The Morgan fingerprint density at radius 2 is 2.14 bits per heavy atom. The Balaban J connectivity index is 1.78. The summed E-state index contributed by atoms with van der Waals surface area (Å²) in [5, 5.41) is 6.96. The van der Waals surface area contributed by atoms with E-state index in [2.05, 4.69) is 15.6 Å². The highest BCUT2D eigenvalue weighted by molar-refractivity contribution is 6.06. The number of nitrogens with one attached hydrogen (secondary N) is 2. The maximum Gasteiger partial charge on any atom is 0.252 e. The Kier molecular flexibility index (Phi) is 4.04. The molecule has 0 saturated heterocycles. The monoisotopic (exact) mass is 283 g/mol. The number of aromatic nitrogens is 1. The highest BCUT2D eigenvalue weighted by Gasteiger charge is 2.18. The van der Waals surface area contributed by atoms with E-state index in [4.69, 9.17) is 0 Å². The predicted molar refractivity (Wildman–Crippen MR) is 85.6 cm³/mol. The van der Waals surface area contributed by atoms with Crippen LogP contribution in [0.3, 0.4) is 0 Å². The molecule has 1 amide bonds. The van der Waals surface area contributed by atoms with Crippen LogP contribution in [0.2, 0.25) is 0 Å². The molecule has 1 fully saturated rings. The summed E-state index contributed by atoms with van der Waals surface area (Å²) in [5.74, 6) is 1.52. The van der Waals surface area contributed by atoms with Gasteiger partial charge in [-0.25, -0.2) is 4.98 Å². The molecule has 4 nitrogen and oxygen atoms in total. The Labute approximate surface area is 125 Å². The summed E-state index contributed by atoms with van der Waals surface area (Å²) >= 11 is 0. The molecule has 0 unspecified atom stereocenters. The predicted octanol–water partition coefficient (Wildman–Crippen LogP) is 3.20. The van der Waals surface area contributed by atoms with Crippen LogP contribution in [0, 0.1) is 5.92 Å². The van der Waals surface area contributed by atoms with Crippen molar-refractivity contribution in [3.05, 3.63) is 35.9 Å². The zero-order valence-electron chi connectivity index (χ0n) is 12.4. The van der Waals surface area contributed by atoms with Crippen LogP contribution < -0.4 is 10.6 Å². The minimum atomic E-state index is -0.00979. The molecule has 110 valence electrons. The lowest BCUT2D eigenvalue weighted by Gasteiger charge is -2.25. The standard InChI is InChI=1S/C17H21N3O/c1-18-16-11-14(13-7-2-3-8-15(13)20-16)17(21)19-10-9-12-5-4-6-12/h2-3,7-8,11-12H,4-6,9-10H2,1H3,(H,18,20)(H,19,21). The van der Waals surface area contributed by atoms with Crippen molar-refractivity contribution in [3.63, 3.8) is 0 Å². The summed E-state index contributed by atoms with van der Waals surface area (Å²) in [5.41, 5.74) is 1.53. The minimum absolute atomic E-state index is 0.00979. The van der Waals surface area contributed by atoms with Gasteiger partial charge in [0.25, 0.3) is 5.91 Å². The fourth-order valence-electron chi connectivity index (χ4n) is 2.76. The molecule has 0 aliphatic heterocycles. The molecule has 1 aromatic heterocycles. The van der Waals surface area contributed by atoms with Crippen LogP contribution in [0.15, 0.2) is 30.3 Å². The van der Waals surface area contributed by atoms with Crippen molar-refractivity contribution in [2.75, 3.05) is 18.9 Å². The van der Waals surface area contributed by atoms with Crippen molar-refractivity contribution in [3.8, 4) is 0 Å². The topological polar surface area (TPSA) is 54.0 Å². The maximum atomic E-state index is 12.4. The molecule has 1 aromatic carbocycles. The first-order valence-electron chi connectivity index (χ1n) is 7.63. The van der Waals surface area contributed by atoms with E-state index in [1.165, 1.54) is 19.3 Å². The minimum Gasteiger partial charge on any atom is -0.373 e. The van der Waals surface area contributed by atoms with E-state index in [9.17, 15) is 4.79 Å². The molecular formula is C17H21N3O. The molecule has 0 atom stereocenters. The summed E-state index contributed by atoms with van der Waals surface area (Å²) in [6.45, 7) is 0.759. The highest BCUT2D eigenvalue weighted by atomic mass is 16.1. The van der Waals surface area contributed by atoms with E-state index < -0.39 is 0 Å². The van der Waals surface area contributed by atoms with Crippen molar-refractivity contribution >= 4 is 22.6 Å². The van der Waals surface area contributed by atoms with Crippen LogP contribution in [0.25, 0.3) is 10.9 Å². The molecule has 2 N–H and O–H groups in total. The van der Waals surface area contributed by atoms with Gasteiger partial charge in [0.2, 0.25) is 0 Å². The number of rotatable bonds is 5. The molecule has 21 heavy (non-hydrogen) atoms. The van der Waals surface area contributed by atoms with Crippen LogP contribution in [0.5, 0.6) is 0 Å². The Morgan fingerprint density at radius 1 is 1.33 bits per heavy atom. The molecule has 3 rings (SSSR count). The van der Waals surface area contributed by atoms with Gasteiger partial charge in [-0.2, -0.15) is 0 Å². The van der Waals surface area contributed by atoms with Crippen LogP contribution in [0.1, 0.15) is 36.0 Å².